The highest BCUT2D eigenvalue weighted by Crippen LogP contribution is 2.44. The van der Waals surface area contributed by atoms with E-state index in [9.17, 15) is 0 Å². The summed E-state index contributed by atoms with van der Waals surface area (Å²) in [5, 5.41) is 1.05. The summed E-state index contributed by atoms with van der Waals surface area (Å²) in [5.74, 6) is 3.41. The van der Waals surface area contributed by atoms with Crippen molar-refractivity contribution in [3.63, 3.8) is 0 Å². The Bertz CT molecular complexity index is 1000. The molecule has 4 heteroatoms. The molecule has 0 saturated heterocycles. The lowest BCUT2D eigenvalue weighted by atomic mass is 9.72. The van der Waals surface area contributed by atoms with E-state index in [2.05, 4.69) is 63.6 Å². The molecule has 0 amide bonds. The molecule has 2 heterocycles. The van der Waals surface area contributed by atoms with Gasteiger partial charge < -0.3 is 14.9 Å². The largest absolute Gasteiger partial charge is 0.458 e. The SMILES string of the molecule is C=C(N)O/C(C)=C(/C)c1nccc2cc(C3C(C(C)C)=CC=CC3C(C)C)oc12. The molecule has 0 fully saturated rings. The zero-order chi connectivity index (χ0) is 21.3. The predicted molar refractivity (Wildman–Crippen MR) is 120 cm³/mol. The lowest BCUT2D eigenvalue weighted by Crippen LogP contribution is -2.22. The highest BCUT2D eigenvalue weighted by Gasteiger charge is 2.33. The molecule has 2 unspecified atom stereocenters. The standard InChI is InChI=1S/C25H32N2O2/c1-14(2)20-9-8-10-21(15(3)4)23(20)22-13-19-11-12-27-24(25(19)29-22)16(5)17(6)28-18(7)26/h8-15,20,23H,7,26H2,1-6H3/b17-16-. The van der Waals surface area contributed by atoms with Crippen LogP contribution in [0.1, 0.15) is 58.9 Å². The molecule has 1 aliphatic rings. The van der Waals surface area contributed by atoms with Crippen molar-refractivity contribution in [3.05, 3.63) is 71.8 Å². The maximum absolute atomic E-state index is 6.50. The molecular formula is C25H32N2O2. The molecule has 0 aromatic carbocycles. The molecule has 2 N–H and O–H groups in total. The van der Waals surface area contributed by atoms with Gasteiger partial charge in [0.25, 0.3) is 0 Å². The van der Waals surface area contributed by atoms with E-state index >= 15 is 0 Å². The molecule has 2 aromatic rings. The van der Waals surface area contributed by atoms with Gasteiger partial charge in [-0.2, -0.15) is 0 Å². The van der Waals surface area contributed by atoms with Gasteiger partial charge in [-0.1, -0.05) is 51.5 Å². The normalized spacial score (nSPS) is 20.2. The Balaban J connectivity index is 2.13. The van der Waals surface area contributed by atoms with Crippen LogP contribution in [0.4, 0.5) is 0 Å². The van der Waals surface area contributed by atoms with Crippen molar-refractivity contribution in [1.29, 1.82) is 0 Å². The van der Waals surface area contributed by atoms with E-state index in [-0.39, 0.29) is 11.8 Å². The lowest BCUT2D eigenvalue weighted by molar-refractivity contribution is 0.306. The summed E-state index contributed by atoms with van der Waals surface area (Å²) in [7, 11) is 0. The van der Waals surface area contributed by atoms with Crippen molar-refractivity contribution >= 4 is 16.5 Å². The molecular weight excluding hydrogens is 360 g/mol. The first-order valence-corrected chi connectivity index (χ1v) is 10.3. The molecule has 0 saturated carbocycles. The number of rotatable bonds is 6. The van der Waals surface area contributed by atoms with Crippen molar-refractivity contribution in [1.82, 2.24) is 4.98 Å². The fourth-order valence-electron chi connectivity index (χ4n) is 4.09. The van der Waals surface area contributed by atoms with E-state index in [4.69, 9.17) is 14.9 Å². The molecule has 4 nitrogen and oxygen atoms in total. The Morgan fingerprint density at radius 2 is 1.97 bits per heavy atom. The van der Waals surface area contributed by atoms with Crippen LogP contribution in [-0.4, -0.2) is 4.98 Å². The zero-order valence-corrected chi connectivity index (χ0v) is 18.3. The van der Waals surface area contributed by atoms with Gasteiger partial charge in [0, 0.05) is 23.1 Å². The second-order valence-corrected chi connectivity index (χ2v) is 8.48. The number of hydrogen-bond donors (Lipinski definition) is 1. The molecule has 2 aromatic heterocycles. The van der Waals surface area contributed by atoms with Gasteiger partial charge in [-0.15, -0.1) is 0 Å². The topological polar surface area (TPSA) is 61.3 Å². The van der Waals surface area contributed by atoms with Crippen LogP contribution < -0.4 is 5.73 Å². The van der Waals surface area contributed by atoms with E-state index in [1.54, 1.807) is 0 Å². The first kappa shape index (κ1) is 21.0. The minimum Gasteiger partial charge on any atom is -0.458 e. The van der Waals surface area contributed by atoms with Gasteiger partial charge in [-0.3, -0.25) is 4.98 Å². The number of nitrogens with zero attached hydrogens (tertiary/aromatic N) is 1. The van der Waals surface area contributed by atoms with Gasteiger partial charge in [-0.05, 0) is 50.3 Å². The summed E-state index contributed by atoms with van der Waals surface area (Å²) in [6.07, 6.45) is 8.56. The van der Waals surface area contributed by atoms with Gasteiger partial charge >= 0.3 is 0 Å². The summed E-state index contributed by atoms with van der Waals surface area (Å²) in [4.78, 5) is 4.57. The summed E-state index contributed by atoms with van der Waals surface area (Å²) < 4.78 is 12.0. The summed E-state index contributed by atoms with van der Waals surface area (Å²) in [5.41, 5.74) is 9.45. The van der Waals surface area contributed by atoms with E-state index in [0.717, 1.165) is 28.0 Å². The third-order valence-electron chi connectivity index (χ3n) is 5.73. The quantitative estimate of drug-likeness (QED) is 0.567. The highest BCUT2D eigenvalue weighted by molar-refractivity contribution is 5.88. The number of furan rings is 1. The average Bonchev–Trinajstić information content (AvgIpc) is 3.10. The number of aromatic nitrogens is 1. The third-order valence-corrected chi connectivity index (χ3v) is 5.73. The molecule has 0 spiro atoms. The van der Waals surface area contributed by atoms with E-state index < -0.39 is 0 Å². The van der Waals surface area contributed by atoms with Crippen LogP contribution in [0.3, 0.4) is 0 Å². The van der Waals surface area contributed by atoms with Crippen LogP contribution in [0.15, 0.2) is 64.8 Å². The number of fused-ring (bicyclic) bond motifs is 1. The Labute approximate surface area is 173 Å². The first-order chi connectivity index (χ1) is 13.7. The number of nitrogens with two attached hydrogens (primary N) is 1. The minimum atomic E-state index is 0.162. The molecule has 2 atom stereocenters. The Morgan fingerprint density at radius 3 is 2.59 bits per heavy atom. The monoisotopic (exact) mass is 392 g/mol. The van der Waals surface area contributed by atoms with Crippen molar-refractivity contribution < 1.29 is 9.15 Å². The van der Waals surface area contributed by atoms with Crippen LogP contribution in [0.5, 0.6) is 0 Å². The van der Waals surface area contributed by atoms with Crippen LogP contribution in [-0.2, 0) is 4.74 Å². The van der Waals surface area contributed by atoms with E-state index in [1.807, 2.05) is 26.1 Å². The van der Waals surface area contributed by atoms with Crippen LogP contribution in [0, 0.1) is 17.8 Å². The van der Waals surface area contributed by atoms with Gasteiger partial charge in [0.15, 0.2) is 11.5 Å². The summed E-state index contributed by atoms with van der Waals surface area (Å²) >= 11 is 0. The van der Waals surface area contributed by atoms with Gasteiger partial charge in [-0.25, -0.2) is 0 Å². The van der Waals surface area contributed by atoms with E-state index in [1.165, 1.54) is 5.57 Å². The first-order valence-electron chi connectivity index (χ1n) is 10.3. The number of hydrogen-bond acceptors (Lipinski definition) is 4. The Morgan fingerprint density at radius 1 is 1.24 bits per heavy atom. The second kappa shape index (κ2) is 8.32. The molecule has 3 rings (SSSR count). The molecule has 0 radical (unpaired) electrons. The third kappa shape index (κ3) is 4.16. The molecule has 1 aliphatic carbocycles. The van der Waals surface area contributed by atoms with E-state index in [0.29, 0.717) is 23.5 Å². The minimum absolute atomic E-state index is 0.162. The van der Waals surface area contributed by atoms with Gasteiger partial charge in [0.1, 0.15) is 17.2 Å². The average molecular weight is 393 g/mol. The highest BCUT2D eigenvalue weighted by atomic mass is 16.5. The zero-order valence-electron chi connectivity index (χ0n) is 18.3. The number of ether oxygens (including phenoxy) is 1. The second-order valence-electron chi connectivity index (χ2n) is 8.48. The summed E-state index contributed by atoms with van der Waals surface area (Å²) in [6.45, 7) is 16.5. The molecule has 154 valence electrons. The fourth-order valence-corrected chi connectivity index (χ4v) is 4.09. The van der Waals surface area contributed by atoms with Crippen molar-refractivity contribution in [3.8, 4) is 0 Å². The summed E-state index contributed by atoms with van der Waals surface area (Å²) in [6, 6.07) is 4.17. The maximum atomic E-state index is 6.50. The van der Waals surface area contributed by atoms with Gasteiger partial charge in [0.05, 0.1) is 0 Å². The molecule has 0 aliphatic heterocycles. The molecule has 29 heavy (non-hydrogen) atoms. The van der Waals surface area contributed by atoms with Crippen LogP contribution >= 0.6 is 0 Å². The number of allylic oxidation sites excluding steroid dienone is 6. The fraction of sp³-hybridized carbons (Fsp3) is 0.400. The smallest absolute Gasteiger partial charge is 0.183 e. The van der Waals surface area contributed by atoms with Crippen molar-refractivity contribution in [2.24, 2.45) is 23.5 Å². The lowest BCUT2D eigenvalue weighted by Gasteiger charge is -2.32. The van der Waals surface area contributed by atoms with Gasteiger partial charge in [0.2, 0.25) is 0 Å². The Hall–Kier alpha value is -2.75. The maximum Gasteiger partial charge on any atom is 0.183 e. The number of pyridine rings is 1. The van der Waals surface area contributed by atoms with Crippen LogP contribution in [0.2, 0.25) is 0 Å². The van der Waals surface area contributed by atoms with Crippen molar-refractivity contribution in [2.45, 2.75) is 47.5 Å². The van der Waals surface area contributed by atoms with Crippen molar-refractivity contribution in [2.75, 3.05) is 0 Å². The predicted octanol–water partition coefficient (Wildman–Crippen LogP) is 6.53. The molecule has 0 bridgehead atoms. The Kier molecular flexibility index (Phi) is 6.02. The van der Waals surface area contributed by atoms with Crippen LogP contribution in [0.25, 0.3) is 16.5 Å².